The Bertz CT molecular complexity index is 1060. The average Bonchev–Trinajstić information content (AvgIpc) is 2.63. The number of rotatable bonds is 0. The van der Waals surface area contributed by atoms with Gasteiger partial charge < -0.3 is 9.80 Å². The van der Waals surface area contributed by atoms with Gasteiger partial charge in [0.2, 0.25) is 0 Å². The van der Waals surface area contributed by atoms with Crippen molar-refractivity contribution >= 4 is 45.9 Å². The van der Waals surface area contributed by atoms with E-state index in [-0.39, 0.29) is 12.3 Å². The molecule has 0 bridgehead atoms. The summed E-state index contributed by atoms with van der Waals surface area (Å²) in [6, 6.07) is 22.6. The molecule has 0 N–H and O–H groups in total. The molecule has 3 aromatic carbocycles. The first-order valence-corrected chi connectivity index (χ1v) is 9.74. The molecular formula is C24H25BN2. The van der Waals surface area contributed by atoms with Crippen LogP contribution in [0, 0.1) is 6.92 Å². The van der Waals surface area contributed by atoms with Crippen molar-refractivity contribution in [1.82, 2.24) is 0 Å². The van der Waals surface area contributed by atoms with Gasteiger partial charge in [0.25, 0.3) is 6.71 Å². The molecule has 134 valence electrons. The van der Waals surface area contributed by atoms with Gasteiger partial charge in [-0.15, -0.1) is 0 Å². The molecule has 5 rings (SSSR count). The maximum absolute atomic E-state index is 2.52. The normalized spacial score (nSPS) is 14.6. The van der Waals surface area contributed by atoms with E-state index >= 15 is 0 Å². The van der Waals surface area contributed by atoms with Crippen molar-refractivity contribution < 1.29 is 0 Å². The van der Waals surface area contributed by atoms with Crippen LogP contribution in [0.3, 0.4) is 0 Å². The monoisotopic (exact) mass is 352 g/mol. The van der Waals surface area contributed by atoms with Crippen molar-refractivity contribution in [3.63, 3.8) is 0 Å². The number of anilines is 4. The summed E-state index contributed by atoms with van der Waals surface area (Å²) < 4.78 is 0. The van der Waals surface area contributed by atoms with Crippen LogP contribution in [0.5, 0.6) is 0 Å². The molecule has 2 heterocycles. The summed E-state index contributed by atoms with van der Waals surface area (Å²) in [7, 11) is 2.20. The van der Waals surface area contributed by atoms with Crippen LogP contribution in [0.25, 0.3) is 0 Å². The third-order valence-corrected chi connectivity index (χ3v) is 5.97. The van der Waals surface area contributed by atoms with Crippen molar-refractivity contribution in [3.8, 4) is 0 Å². The van der Waals surface area contributed by atoms with Crippen LogP contribution in [-0.4, -0.2) is 19.3 Å². The van der Waals surface area contributed by atoms with Gasteiger partial charge in [-0.1, -0.05) is 36.4 Å². The third kappa shape index (κ3) is 2.21. The molecular weight excluding hydrogens is 327 g/mol. The highest BCUT2D eigenvalue weighted by atomic mass is 15.2. The Labute approximate surface area is 162 Å². The summed E-state index contributed by atoms with van der Waals surface area (Å²) >= 11 is 0. The Hall–Kier alpha value is -2.68. The van der Waals surface area contributed by atoms with Crippen LogP contribution in [0.15, 0.2) is 60.7 Å². The Kier molecular flexibility index (Phi) is 3.31. The van der Waals surface area contributed by atoms with Gasteiger partial charge in [0, 0.05) is 35.3 Å². The fraction of sp³-hybridized carbons (Fsp3) is 0.250. The zero-order chi connectivity index (χ0) is 18.9. The van der Waals surface area contributed by atoms with E-state index in [0.29, 0.717) is 0 Å². The number of hydrogen-bond acceptors (Lipinski definition) is 2. The number of aryl methyl sites for hydroxylation is 1. The Morgan fingerprint density at radius 2 is 1.41 bits per heavy atom. The lowest BCUT2D eigenvalue weighted by Gasteiger charge is -2.47. The lowest BCUT2D eigenvalue weighted by atomic mass is 9.33. The molecule has 27 heavy (non-hydrogen) atoms. The Morgan fingerprint density at radius 3 is 2.19 bits per heavy atom. The van der Waals surface area contributed by atoms with Crippen LogP contribution < -0.4 is 26.2 Å². The SMILES string of the molecule is Cc1ccc2c(c1)N(C)c1cccc3c1B2c1ccccc1N3C(C)(C)C. The highest BCUT2D eigenvalue weighted by Crippen LogP contribution is 2.39. The first-order chi connectivity index (χ1) is 12.9. The molecule has 0 radical (unpaired) electrons. The van der Waals surface area contributed by atoms with Crippen LogP contribution in [-0.2, 0) is 0 Å². The van der Waals surface area contributed by atoms with E-state index in [1.807, 2.05) is 0 Å². The summed E-state index contributed by atoms with van der Waals surface area (Å²) in [4.78, 5) is 4.89. The van der Waals surface area contributed by atoms with Gasteiger partial charge in [0.15, 0.2) is 0 Å². The van der Waals surface area contributed by atoms with Crippen molar-refractivity contribution in [3.05, 3.63) is 66.2 Å². The summed E-state index contributed by atoms with van der Waals surface area (Å²) in [6.45, 7) is 9.36. The van der Waals surface area contributed by atoms with Crippen LogP contribution >= 0.6 is 0 Å². The fourth-order valence-corrected chi connectivity index (χ4v) is 4.91. The molecule has 0 saturated carbocycles. The number of benzene rings is 3. The first kappa shape index (κ1) is 16.5. The van der Waals surface area contributed by atoms with Gasteiger partial charge in [0.1, 0.15) is 0 Å². The molecule has 3 heteroatoms. The van der Waals surface area contributed by atoms with Gasteiger partial charge in [-0.3, -0.25) is 0 Å². The molecule has 0 atom stereocenters. The Balaban J connectivity index is 1.90. The molecule has 0 aliphatic carbocycles. The van der Waals surface area contributed by atoms with Crippen LogP contribution in [0.1, 0.15) is 26.3 Å². The molecule has 2 nitrogen and oxygen atoms in total. The second-order valence-corrected chi connectivity index (χ2v) is 8.83. The highest BCUT2D eigenvalue weighted by Gasteiger charge is 2.43. The van der Waals surface area contributed by atoms with Gasteiger partial charge >= 0.3 is 0 Å². The molecule has 0 saturated heterocycles. The molecule has 2 aliphatic heterocycles. The van der Waals surface area contributed by atoms with Crippen LogP contribution in [0.2, 0.25) is 0 Å². The van der Waals surface area contributed by atoms with Crippen LogP contribution in [0.4, 0.5) is 22.7 Å². The molecule has 0 unspecified atom stereocenters. The van der Waals surface area contributed by atoms with Gasteiger partial charge in [-0.25, -0.2) is 0 Å². The summed E-state index contributed by atoms with van der Waals surface area (Å²) in [5.41, 5.74) is 10.9. The van der Waals surface area contributed by atoms with E-state index in [0.717, 1.165) is 0 Å². The minimum atomic E-state index is 0.00230. The minimum absolute atomic E-state index is 0.00230. The maximum atomic E-state index is 2.52. The van der Waals surface area contributed by atoms with Gasteiger partial charge in [-0.05, 0) is 73.9 Å². The number of para-hydroxylation sites is 1. The highest BCUT2D eigenvalue weighted by molar-refractivity contribution is 7.00. The quantitative estimate of drug-likeness (QED) is 0.567. The lowest BCUT2D eigenvalue weighted by molar-refractivity contribution is 0.561. The maximum Gasteiger partial charge on any atom is 0.252 e. The summed E-state index contributed by atoms with van der Waals surface area (Å²) in [6.07, 6.45) is 0. The van der Waals surface area contributed by atoms with E-state index < -0.39 is 0 Å². The van der Waals surface area contributed by atoms with Crippen molar-refractivity contribution in [2.24, 2.45) is 0 Å². The number of nitrogens with zero attached hydrogens (tertiary/aromatic N) is 2. The van der Waals surface area contributed by atoms with E-state index in [4.69, 9.17) is 0 Å². The van der Waals surface area contributed by atoms with E-state index in [9.17, 15) is 0 Å². The largest absolute Gasteiger partial charge is 0.345 e. The predicted octanol–water partition coefficient (Wildman–Crippen LogP) is 3.84. The molecule has 2 aliphatic rings. The molecule has 0 amide bonds. The average molecular weight is 352 g/mol. The molecule has 0 spiro atoms. The van der Waals surface area contributed by atoms with E-state index in [1.54, 1.807) is 0 Å². The standard InChI is InChI=1S/C24H25BN2/c1-16-13-14-18-22(15-16)26(5)20-11-8-12-21-23(20)25(18)17-9-6-7-10-19(17)27(21)24(2,3)4/h6-15H,1-5H3. The topological polar surface area (TPSA) is 6.48 Å². The van der Waals surface area contributed by atoms with Crippen molar-refractivity contribution in [1.29, 1.82) is 0 Å². The van der Waals surface area contributed by atoms with Crippen molar-refractivity contribution in [2.75, 3.05) is 16.8 Å². The smallest absolute Gasteiger partial charge is 0.252 e. The predicted molar refractivity (Wildman–Crippen MR) is 119 cm³/mol. The van der Waals surface area contributed by atoms with E-state index in [2.05, 4.69) is 105 Å². The summed E-state index contributed by atoms with van der Waals surface area (Å²) in [5, 5.41) is 0. The van der Waals surface area contributed by atoms with Crippen molar-refractivity contribution in [2.45, 2.75) is 33.2 Å². The Morgan fingerprint density at radius 1 is 0.741 bits per heavy atom. The summed E-state index contributed by atoms with van der Waals surface area (Å²) in [5.74, 6) is 0. The minimum Gasteiger partial charge on any atom is -0.345 e. The first-order valence-electron chi connectivity index (χ1n) is 9.74. The molecule has 3 aromatic rings. The van der Waals surface area contributed by atoms with E-state index in [1.165, 1.54) is 44.7 Å². The van der Waals surface area contributed by atoms with Gasteiger partial charge in [-0.2, -0.15) is 0 Å². The fourth-order valence-electron chi connectivity index (χ4n) is 4.91. The zero-order valence-electron chi connectivity index (χ0n) is 16.7. The molecule has 0 aromatic heterocycles. The number of fused-ring (bicyclic) bond motifs is 4. The zero-order valence-corrected chi connectivity index (χ0v) is 16.7. The number of hydrogen-bond donors (Lipinski definition) is 0. The molecule has 0 fully saturated rings. The second kappa shape index (κ2) is 5.42. The lowest BCUT2D eigenvalue weighted by Crippen LogP contribution is -2.63. The second-order valence-electron chi connectivity index (χ2n) is 8.83. The van der Waals surface area contributed by atoms with Gasteiger partial charge in [0.05, 0.1) is 0 Å². The third-order valence-electron chi connectivity index (χ3n) is 5.97.